The molecule has 1 aromatic carbocycles. The van der Waals surface area contributed by atoms with Crippen LogP contribution in [0.2, 0.25) is 0 Å². The summed E-state index contributed by atoms with van der Waals surface area (Å²) in [6, 6.07) is 7.39. The van der Waals surface area contributed by atoms with Crippen LogP contribution in [0.3, 0.4) is 0 Å². The number of amides is 2. The number of hydrogen-bond donors (Lipinski definition) is 3. The minimum Gasteiger partial charge on any atom is -0.389 e. The van der Waals surface area contributed by atoms with E-state index in [1.807, 2.05) is 12.1 Å². The molecular weight excluding hydrogens is 216 g/mol. The molecule has 0 spiro atoms. The Kier molecular flexibility index (Phi) is 3.64. The van der Waals surface area contributed by atoms with Crippen LogP contribution >= 0.6 is 0 Å². The van der Waals surface area contributed by atoms with E-state index in [0.29, 0.717) is 6.04 Å². The molecule has 1 saturated carbocycles. The van der Waals surface area contributed by atoms with Gasteiger partial charge in [-0.2, -0.15) is 0 Å². The third-order valence-corrected chi connectivity index (χ3v) is 3.09. The zero-order valence-electron chi connectivity index (χ0n) is 9.94. The van der Waals surface area contributed by atoms with Crippen molar-refractivity contribution in [2.24, 2.45) is 0 Å². The molecule has 0 bridgehead atoms. The Hall–Kier alpha value is -1.55. The lowest BCUT2D eigenvalue weighted by Gasteiger charge is -2.26. The molecule has 0 radical (unpaired) electrons. The zero-order chi connectivity index (χ0) is 12.3. The van der Waals surface area contributed by atoms with Crippen LogP contribution in [0.15, 0.2) is 24.3 Å². The summed E-state index contributed by atoms with van der Waals surface area (Å²) in [5.41, 5.74) is 1.58. The fraction of sp³-hybridized carbons (Fsp3) is 0.462. The molecule has 1 aromatic rings. The molecular formula is C13H18N2O2. The molecule has 1 atom stereocenters. The number of aliphatic hydroxyl groups excluding tert-OH is 1. The van der Waals surface area contributed by atoms with Gasteiger partial charge in [-0.05, 0) is 43.9 Å². The SMILES string of the molecule is CC(O)c1ccc(NC(=O)NC2CCC2)cc1. The van der Waals surface area contributed by atoms with Crippen molar-refractivity contribution >= 4 is 11.7 Å². The normalized spacial score (nSPS) is 17.1. The summed E-state index contributed by atoms with van der Waals surface area (Å²) in [6.45, 7) is 1.71. The van der Waals surface area contributed by atoms with Gasteiger partial charge in [-0.15, -0.1) is 0 Å². The van der Waals surface area contributed by atoms with Crippen LogP contribution in [-0.2, 0) is 0 Å². The van der Waals surface area contributed by atoms with Crippen molar-refractivity contribution in [2.45, 2.75) is 38.3 Å². The van der Waals surface area contributed by atoms with Gasteiger partial charge in [-0.3, -0.25) is 0 Å². The highest BCUT2D eigenvalue weighted by Crippen LogP contribution is 2.19. The van der Waals surface area contributed by atoms with E-state index in [1.165, 1.54) is 6.42 Å². The first-order chi connectivity index (χ1) is 8.15. The Morgan fingerprint density at radius 1 is 1.35 bits per heavy atom. The molecule has 3 N–H and O–H groups in total. The van der Waals surface area contributed by atoms with Gasteiger partial charge in [0.25, 0.3) is 0 Å². The van der Waals surface area contributed by atoms with Crippen LogP contribution in [0.1, 0.15) is 37.9 Å². The lowest BCUT2D eigenvalue weighted by molar-refractivity contribution is 0.199. The lowest BCUT2D eigenvalue weighted by atomic mass is 9.93. The van der Waals surface area contributed by atoms with Gasteiger partial charge < -0.3 is 15.7 Å². The third-order valence-electron chi connectivity index (χ3n) is 3.09. The summed E-state index contributed by atoms with van der Waals surface area (Å²) in [5.74, 6) is 0. The topological polar surface area (TPSA) is 61.4 Å². The molecule has 1 aliphatic rings. The van der Waals surface area contributed by atoms with Crippen LogP contribution in [0, 0.1) is 0 Å². The maximum atomic E-state index is 11.6. The maximum absolute atomic E-state index is 11.6. The van der Waals surface area contributed by atoms with E-state index in [2.05, 4.69) is 10.6 Å². The standard InChI is InChI=1S/C13H18N2O2/c1-9(16)10-5-7-12(8-6-10)15-13(17)14-11-3-2-4-11/h5-9,11,16H,2-4H2,1H3,(H2,14,15,17). The molecule has 4 heteroatoms. The second-order valence-corrected chi connectivity index (χ2v) is 4.52. The van der Waals surface area contributed by atoms with Crippen molar-refractivity contribution < 1.29 is 9.90 Å². The quantitative estimate of drug-likeness (QED) is 0.752. The smallest absolute Gasteiger partial charge is 0.319 e. The number of urea groups is 1. The van der Waals surface area contributed by atoms with Crippen molar-refractivity contribution in [3.05, 3.63) is 29.8 Å². The number of benzene rings is 1. The summed E-state index contributed by atoms with van der Waals surface area (Å²) in [5, 5.41) is 15.0. The van der Waals surface area contributed by atoms with Crippen LogP contribution < -0.4 is 10.6 Å². The zero-order valence-corrected chi connectivity index (χ0v) is 9.94. The summed E-state index contributed by atoms with van der Waals surface area (Å²) >= 11 is 0. The number of rotatable bonds is 3. The summed E-state index contributed by atoms with van der Waals surface area (Å²) in [6.07, 6.45) is 2.88. The predicted molar refractivity (Wildman–Crippen MR) is 66.9 cm³/mol. The monoisotopic (exact) mass is 234 g/mol. The molecule has 0 aromatic heterocycles. The van der Waals surface area contributed by atoms with Gasteiger partial charge in [-0.1, -0.05) is 12.1 Å². The Bertz CT molecular complexity index is 383. The summed E-state index contributed by atoms with van der Waals surface area (Å²) in [4.78, 5) is 11.6. The highest BCUT2D eigenvalue weighted by molar-refractivity contribution is 5.89. The fourth-order valence-corrected chi connectivity index (χ4v) is 1.75. The van der Waals surface area contributed by atoms with Crippen LogP contribution in [0.5, 0.6) is 0 Å². The van der Waals surface area contributed by atoms with Gasteiger partial charge in [-0.25, -0.2) is 4.79 Å². The molecule has 1 aliphatic carbocycles. The van der Waals surface area contributed by atoms with Gasteiger partial charge in [0, 0.05) is 11.7 Å². The number of carbonyl (C=O) groups excluding carboxylic acids is 1. The molecule has 0 aliphatic heterocycles. The Labute approximate surface area is 101 Å². The first-order valence-corrected chi connectivity index (χ1v) is 6.00. The van der Waals surface area contributed by atoms with E-state index in [9.17, 15) is 9.90 Å². The van der Waals surface area contributed by atoms with E-state index in [1.54, 1.807) is 19.1 Å². The third kappa shape index (κ3) is 3.20. The Balaban J connectivity index is 1.87. The molecule has 1 unspecified atom stereocenters. The van der Waals surface area contributed by atoms with E-state index in [4.69, 9.17) is 0 Å². The van der Waals surface area contributed by atoms with Crippen molar-refractivity contribution in [3.8, 4) is 0 Å². The van der Waals surface area contributed by atoms with Crippen molar-refractivity contribution in [2.75, 3.05) is 5.32 Å². The van der Waals surface area contributed by atoms with Crippen LogP contribution in [0.4, 0.5) is 10.5 Å². The number of carbonyl (C=O) groups is 1. The number of hydrogen-bond acceptors (Lipinski definition) is 2. The lowest BCUT2D eigenvalue weighted by Crippen LogP contribution is -2.41. The Morgan fingerprint density at radius 2 is 2.00 bits per heavy atom. The second kappa shape index (κ2) is 5.19. The fourth-order valence-electron chi connectivity index (χ4n) is 1.75. The van der Waals surface area contributed by atoms with E-state index < -0.39 is 6.10 Å². The molecule has 2 rings (SSSR count). The van der Waals surface area contributed by atoms with Crippen molar-refractivity contribution in [3.63, 3.8) is 0 Å². The van der Waals surface area contributed by atoms with E-state index in [0.717, 1.165) is 24.1 Å². The largest absolute Gasteiger partial charge is 0.389 e. The first kappa shape index (κ1) is 11.9. The first-order valence-electron chi connectivity index (χ1n) is 6.00. The maximum Gasteiger partial charge on any atom is 0.319 e. The van der Waals surface area contributed by atoms with Crippen LogP contribution in [0.25, 0.3) is 0 Å². The Morgan fingerprint density at radius 3 is 2.47 bits per heavy atom. The summed E-state index contributed by atoms with van der Waals surface area (Å²) in [7, 11) is 0. The predicted octanol–water partition coefficient (Wildman–Crippen LogP) is 2.41. The number of nitrogens with one attached hydrogen (secondary N) is 2. The van der Waals surface area contributed by atoms with Crippen molar-refractivity contribution in [1.29, 1.82) is 0 Å². The van der Waals surface area contributed by atoms with Gasteiger partial charge in [0.2, 0.25) is 0 Å². The van der Waals surface area contributed by atoms with E-state index >= 15 is 0 Å². The molecule has 17 heavy (non-hydrogen) atoms. The molecule has 4 nitrogen and oxygen atoms in total. The molecule has 1 fully saturated rings. The van der Waals surface area contributed by atoms with Crippen LogP contribution in [-0.4, -0.2) is 17.2 Å². The second-order valence-electron chi connectivity index (χ2n) is 4.52. The number of aliphatic hydroxyl groups is 1. The molecule has 2 amide bonds. The highest BCUT2D eigenvalue weighted by Gasteiger charge is 2.19. The van der Waals surface area contributed by atoms with Gasteiger partial charge in [0.05, 0.1) is 6.10 Å². The average Bonchev–Trinajstić information content (AvgIpc) is 2.24. The van der Waals surface area contributed by atoms with Gasteiger partial charge >= 0.3 is 6.03 Å². The van der Waals surface area contributed by atoms with Gasteiger partial charge in [0.1, 0.15) is 0 Å². The number of anilines is 1. The highest BCUT2D eigenvalue weighted by atomic mass is 16.3. The minimum absolute atomic E-state index is 0.153. The van der Waals surface area contributed by atoms with Gasteiger partial charge in [0.15, 0.2) is 0 Å². The molecule has 92 valence electrons. The average molecular weight is 234 g/mol. The van der Waals surface area contributed by atoms with E-state index in [-0.39, 0.29) is 6.03 Å². The summed E-state index contributed by atoms with van der Waals surface area (Å²) < 4.78 is 0. The molecule has 0 heterocycles. The molecule has 0 saturated heterocycles. The minimum atomic E-state index is -0.479. The van der Waals surface area contributed by atoms with Crippen molar-refractivity contribution in [1.82, 2.24) is 5.32 Å².